The maximum Gasteiger partial charge on any atom is 0.331 e. The van der Waals surface area contributed by atoms with Gasteiger partial charge in [-0.2, -0.15) is 0 Å². The molecule has 0 aliphatic rings. The van der Waals surface area contributed by atoms with E-state index < -0.39 is 21.8 Å². The highest BCUT2D eigenvalue weighted by molar-refractivity contribution is 7.90. The van der Waals surface area contributed by atoms with E-state index in [2.05, 4.69) is 0 Å². The molecule has 8 heteroatoms. The molecule has 0 aromatic heterocycles. The Labute approximate surface area is 106 Å². The van der Waals surface area contributed by atoms with Crippen LogP contribution in [0.15, 0.2) is 11.6 Å². The summed E-state index contributed by atoms with van der Waals surface area (Å²) < 4.78 is 21.8. The second-order valence-electron chi connectivity index (χ2n) is 4.00. The summed E-state index contributed by atoms with van der Waals surface area (Å²) in [6.45, 7) is 0.555. The monoisotopic (exact) mass is 279 g/mol. The van der Waals surface area contributed by atoms with Gasteiger partial charge in [0.1, 0.15) is 9.84 Å². The number of hydrogen-bond acceptors (Lipinski definition) is 5. The summed E-state index contributed by atoms with van der Waals surface area (Å²) in [5, 5.41) is 17.2. The summed E-state index contributed by atoms with van der Waals surface area (Å²) in [6.07, 6.45) is 1.81. The predicted octanol–water partition coefficient (Wildman–Crippen LogP) is -0.551. The first-order valence-corrected chi connectivity index (χ1v) is 7.21. The molecule has 0 spiro atoms. The van der Waals surface area contributed by atoms with Crippen molar-refractivity contribution in [1.82, 2.24) is 4.90 Å². The lowest BCUT2D eigenvalue weighted by molar-refractivity contribution is -0.135. The Bertz CT molecular complexity index is 439. The molecule has 0 saturated heterocycles. The first kappa shape index (κ1) is 16.6. The highest BCUT2D eigenvalue weighted by atomic mass is 32.2. The smallest absolute Gasteiger partial charge is 0.331 e. The van der Waals surface area contributed by atoms with Gasteiger partial charge in [0.15, 0.2) is 0 Å². The average Bonchev–Trinajstić information content (AvgIpc) is 2.19. The third-order valence-electron chi connectivity index (χ3n) is 2.18. The van der Waals surface area contributed by atoms with Gasteiger partial charge in [0, 0.05) is 31.0 Å². The zero-order valence-corrected chi connectivity index (χ0v) is 11.1. The van der Waals surface area contributed by atoms with Gasteiger partial charge in [-0.05, 0) is 13.5 Å². The van der Waals surface area contributed by atoms with Crippen LogP contribution in [-0.2, 0) is 19.4 Å². The van der Waals surface area contributed by atoms with Gasteiger partial charge in [0.25, 0.3) is 0 Å². The van der Waals surface area contributed by atoms with Crippen LogP contribution in [0.4, 0.5) is 0 Å². The van der Waals surface area contributed by atoms with Gasteiger partial charge in [0.05, 0.1) is 5.75 Å². The van der Waals surface area contributed by atoms with Crippen molar-refractivity contribution < 1.29 is 28.2 Å². The van der Waals surface area contributed by atoms with Crippen LogP contribution in [0.2, 0.25) is 0 Å². The average molecular weight is 279 g/mol. The molecule has 2 N–H and O–H groups in total. The maximum absolute atomic E-state index is 10.9. The van der Waals surface area contributed by atoms with Crippen LogP contribution in [0.5, 0.6) is 0 Å². The number of carboxylic acid groups (broad SMARTS) is 2. The third kappa shape index (κ3) is 8.71. The van der Waals surface area contributed by atoms with Crippen LogP contribution in [0.1, 0.15) is 6.42 Å². The summed E-state index contributed by atoms with van der Waals surface area (Å²) in [7, 11) is -1.42. The van der Waals surface area contributed by atoms with Crippen LogP contribution in [-0.4, -0.2) is 67.6 Å². The minimum Gasteiger partial charge on any atom is -0.478 e. The molecule has 0 radical (unpaired) electrons. The Morgan fingerprint density at radius 2 is 1.78 bits per heavy atom. The molecule has 0 aromatic rings. The highest BCUT2D eigenvalue weighted by Crippen LogP contribution is 2.03. The first-order chi connectivity index (χ1) is 8.11. The largest absolute Gasteiger partial charge is 0.478 e. The zero-order chi connectivity index (χ0) is 14.3. The lowest BCUT2D eigenvalue weighted by Gasteiger charge is -2.15. The number of sulfone groups is 1. The predicted molar refractivity (Wildman–Crippen MR) is 65.2 cm³/mol. The molecule has 18 heavy (non-hydrogen) atoms. The molecule has 0 aliphatic carbocycles. The first-order valence-electron chi connectivity index (χ1n) is 5.15. The fourth-order valence-electron chi connectivity index (χ4n) is 1.13. The molecule has 0 unspecified atom stereocenters. The quantitative estimate of drug-likeness (QED) is 0.573. The second kappa shape index (κ2) is 7.12. The van der Waals surface area contributed by atoms with Crippen molar-refractivity contribution in [2.24, 2.45) is 0 Å². The maximum atomic E-state index is 10.9. The number of aliphatic carboxylic acids is 2. The van der Waals surface area contributed by atoms with Crippen LogP contribution in [0.25, 0.3) is 0 Å². The molecule has 0 aromatic carbocycles. The van der Waals surface area contributed by atoms with E-state index in [1.54, 1.807) is 11.9 Å². The Balaban J connectivity index is 4.29. The molecular weight excluding hydrogens is 262 g/mol. The van der Waals surface area contributed by atoms with Crippen molar-refractivity contribution in [1.29, 1.82) is 0 Å². The lowest BCUT2D eigenvalue weighted by atomic mass is 10.1. The molecule has 0 rings (SSSR count). The van der Waals surface area contributed by atoms with Crippen LogP contribution < -0.4 is 0 Å². The van der Waals surface area contributed by atoms with Gasteiger partial charge < -0.3 is 15.1 Å². The molecule has 0 amide bonds. The van der Waals surface area contributed by atoms with Crippen molar-refractivity contribution in [2.75, 3.05) is 32.1 Å². The van der Waals surface area contributed by atoms with Crippen LogP contribution in [0.3, 0.4) is 0 Å². The summed E-state index contributed by atoms with van der Waals surface area (Å²) in [5.41, 5.74) is -0.214. The van der Waals surface area contributed by atoms with Gasteiger partial charge in [0.2, 0.25) is 0 Å². The summed E-state index contributed by atoms with van der Waals surface area (Å²) >= 11 is 0. The molecule has 0 bridgehead atoms. The molecule has 7 nitrogen and oxygen atoms in total. The lowest BCUT2D eigenvalue weighted by Crippen LogP contribution is -2.27. The van der Waals surface area contributed by atoms with E-state index in [-0.39, 0.29) is 30.8 Å². The number of hydrogen-bond donors (Lipinski definition) is 2. The van der Waals surface area contributed by atoms with Crippen molar-refractivity contribution in [2.45, 2.75) is 6.42 Å². The summed E-state index contributed by atoms with van der Waals surface area (Å²) in [4.78, 5) is 22.7. The van der Waals surface area contributed by atoms with Crippen LogP contribution in [0, 0.1) is 0 Å². The number of nitrogens with zero attached hydrogens (tertiary/aromatic N) is 1. The van der Waals surface area contributed by atoms with Gasteiger partial charge >= 0.3 is 11.9 Å². The number of carboxylic acids is 2. The zero-order valence-electron chi connectivity index (χ0n) is 10.3. The van der Waals surface area contributed by atoms with Gasteiger partial charge in [-0.3, -0.25) is 0 Å². The summed E-state index contributed by atoms with van der Waals surface area (Å²) in [6, 6.07) is 0. The Morgan fingerprint density at radius 3 is 2.17 bits per heavy atom. The second-order valence-corrected chi connectivity index (χ2v) is 6.26. The Hall–Kier alpha value is -1.41. The SMILES string of the molecule is CN(CC/C(=C\C(=O)O)C(=O)O)CCS(C)(=O)=O. The molecule has 0 atom stereocenters. The number of rotatable bonds is 8. The highest BCUT2D eigenvalue weighted by Gasteiger charge is 2.11. The molecule has 0 aliphatic heterocycles. The van der Waals surface area contributed by atoms with Crippen molar-refractivity contribution in [3.8, 4) is 0 Å². The van der Waals surface area contributed by atoms with E-state index in [4.69, 9.17) is 10.2 Å². The minimum absolute atomic E-state index is 0.0193. The van der Waals surface area contributed by atoms with E-state index in [1.807, 2.05) is 0 Å². The van der Waals surface area contributed by atoms with Gasteiger partial charge in [-0.1, -0.05) is 0 Å². The third-order valence-corrected chi connectivity index (χ3v) is 3.10. The minimum atomic E-state index is -3.06. The molecule has 0 saturated carbocycles. The standard InChI is InChI=1S/C10H17NO6S/c1-11(5-6-18(2,16)17)4-3-8(10(14)15)7-9(12)13/h7H,3-6H2,1-2H3,(H,12,13)(H,14,15)/b8-7+. The van der Waals surface area contributed by atoms with Crippen molar-refractivity contribution in [3.63, 3.8) is 0 Å². The van der Waals surface area contributed by atoms with E-state index in [0.29, 0.717) is 6.08 Å². The molecular formula is C10H17NO6S. The van der Waals surface area contributed by atoms with E-state index >= 15 is 0 Å². The van der Waals surface area contributed by atoms with E-state index in [1.165, 1.54) is 0 Å². The fourth-order valence-corrected chi connectivity index (χ4v) is 1.78. The summed E-state index contributed by atoms with van der Waals surface area (Å²) in [5.74, 6) is -2.62. The normalized spacial score (nSPS) is 12.7. The fraction of sp³-hybridized carbons (Fsp3) is 0.600. The van der Waals surface area contributed by atoms with E-state index in [0.717, 1.165) is 6.26 Å². The molecule has 0 fully saturated rings. The number of carbonyl (C=O) groups is 2. The van der Waals surface area contributed by atoms with Crippen molar-refractivity contribution in [3.05, 3.63) is 11.6 Å². The Kier molecular flexibility index (Phi) is 6.56. The van der Waals surface area contributed by atoms with E-state index in [9.17, 15) is 18.0 Å². The molecule has 104 valence electrons. The Morgan fingerprint density at radius 1 is 1.22 bits per heavy atom. The molecule has 0 heterocycles. The topological polar surface area (TPSA) is 112 Å². The van der Waals surface area contributed by atoms with Gasteiger partial charge in [-0.25, -0.2) is 18.0 Å². The van der Waals surface area contributed by atoms with Crippen LogP contribution >= 0.6 is 0 Å². The van der Waals surface area contributed by atoms with Crippen molar-refractivity contribution >= 4 is 21.8 Å². The van der Waals surface area contributed by atoms with Gasteiger partial charge in [-0.15, -0.1) is 0 Å².